The quantitative estimate of drug-likeness (QED) is 0.719. The van der Waals surface area contributed by atoms with Gasteiger partial charge in [-0.3, -0.25) is 4.40 Å². The Hall–Kier alpha value is -2.76. The van der Waals surface area contributed by atoms with Crippen LogP contribution in [0.2, 0.25) is 0 Å². The number of rotatable bonds is 3. The third-order valence-electron chi connectivity index (χ3n) is 4.43. The molecule has 25 heavy (non-hydrogen) atoms. The summed E-state index contributed by atoms with van der Waals surface area (Å²) in [5.41, 5.74) is 1.13. The fourth-order valence-electron chi connectivity index (χ4n) is 3.21. The first-order chi connectivity index (χ1) is 12.1. The minimum Gasteiger partial charge on any atom is -0.285 e. The van der Waals surface area contributed by atoms with Gasteiger partial charge in [0.25, 0.3) is 0 Å². The predicted octanol–water partition coefficient (Wildman–Crippen LogP) is 2.13. The van der Waals surface area contributed by atoms with E-state index in [-0.39, 0.29) is 10.9 Å². The first-order valence-corrected chi connectivity index (χ1v) is 9.37. The molecular formula is C17H15N5O2S. The molecule has 1 aromatic carbocycles. The van der Waals surface area contributed by atoms with E-state index in [0.29, 0.717) is 30.0 Å². The van der Waals surface area contributed by atoms with Crippen LogP contribution < -0.4 is 0 Å². The Morgan fingerprint density at radius 1 is 1.12 bits per heavy atom. The number of pyridine rings is 1. The van der Waals surface area contributed by atoms with Crippen LogP contribution in [0.25, 0.3) is 5.65 Å². The third kappa shape index (κ3) is 2.58. The lowest BCUT2D eigenvalue weighted by molar-refractivity contribution is 0.381. The van der Waals surface area contributed by atoms with Gasteiger partial charge >= 0.3 is 0 Å². The summed E-state index contributed by atoms with van der Waals surface area (Å²) in [6.07, 6.45) is 3.31. The monoisotopic (exact) mass is 353 g/mol. The molecule has 0 N–H and O–H groups in total. The largest absolute Gasteiger partial charge is 0.285 e. The van der Waals surface area contributed by atoms with Gasteiger partial charge < -0.3 is 0 Å². The van der Waals surface area contributed by atoms with E-state index in [0.717, 1.165) is 6.42 Å². The highest BCUT2D eigenvalue weighted by Crippen LogP contribution is 2.35. The lowest BCUT2D eigenvalue weighted by Crippen LogP contribution is -2.31. The molecule has 4 rings (SSSR count). The zero-order valence-corrected chi connectivity index (χ0v) is 14.1. The number of sulfonamides is 1. The fraction of sp³-hybridized carbons (Fsp3) is 0.235. The molecule has 0 bridgehead atoms. The molecule has 1 aliphatic heterocycles. The summed E-state index contributed by atoms with van der Waals surface area (Å²) in [4.78, 5) is 0.187. The number of nitriles is 1. The van der Waals surface area contributed by atoms with Crippen LogP contribution >= 0.6 is 0 Å². The Morgan fingerprint density at radius 3 is 2.68 bits per heavy atom. The highest BCUT2D eigenvalue weighted by molar-refractivity contribution is 7.89. The molecule has 1 fully saturated rings. The molecule has 3 aromatic rings. The first-order valence-electron chi connectivity index (χ1n) is 7.93. The molecule has 126 valence electrons. The van der Waals surface area contributed by atoms with Crippen LogP contribution in [0.1, 0.15) is 30.3 Å². The zero-order valence-electron chi connectivity index (χ0n) is 13.3. The highest BCUT2D eigenvalue weighted by Gasteiger charge is 2.38. The van der Waals surface area contributed by atoms with E-state index < -0.39 is 10.0 Å². The van der Waals surface area contributed by atoms with Crippen LogP contribution in [-0.4, -0.2) is 33.9 Å². The third-order valence-corrected chi connectivity index (χ3v) is 6.35. The molecular weight excluding hydrogens is 338 g/mol. The summed E-state index contributed by atoms with van der Waals surface area (Å²) in [5.74, 6) is 0.630. The molecule has 1 saturated heterocycles. The summed E-state index contributed by atoms with van der Waals surface area (Å²) in [6.45, 7) is 0.439. The number of nitrogens with zero attached hydrogens (tertiary/aromatic N) is 5. The summed E-state index contributed by atoms with van der Waals surface area (Å²) < 4.78 is 29.4. The summed E-state index contributed by atoms with van der Waals surface area (Å²) in [6, 6.07) is 13.2. The fourth-order valence-corrected chi connectivity index (χ4v) is 4.86. The minimum atomic E-state index is -3.66. The van der Waals surface area contributed by atoms with Gasteiger partial charge in [0.1, 0.15) is 0 Å². The predicted molar refractivity (Wildman–Crippen MR) is 90.0 cm³/mol. The standard InChI is InChI=1S/C17H15N5O2S/c18-12-13-6-8-14(9-7-13)25(23,24)22-11-3-4-15(22)17-20-19-16-5-1-2-10-21(16)17/h1-2,5-10,15H,3-4,11H2/t15-/m0/s1. The molecule has 8 heteroatoms. The molecule has 0 aliphatic carbocycles. The van der Waals surface area contributed by atoms with Crippen molar-refractivity contribution in [3.05, 3.63) is 60.0 Å². The Kier molecular flexibility index (Phi) is 3.75. The molecule has 0 spiro atoms. The maximum Gasteiger partial charge on any atom is 0.243 e. The van der Waals surface area contributed by atoms with E-state index in [9.17, 15) is 8.42 Å². The highest BCUT2D eigenvalue weighted by atomic mass is 32.2. The number of hydrogen-bond acceptors (Lipinski definition) is 5. The van der Waals surface area contributed by atoms with E-state index in [1.165, 1.54) is 28.6 Å². The summed E-state index contributed by atoms with van der Waals surface area (Å²) in [7, 11) is -3.66. The summed E-state index contributed by atoms with van der Waals surface area (Å²) >= 11 is 0. The topological polar surface area (TPSA) is 91.4 Å². The van der Waals surface area contributed by atoms with Gasteiger partial charge in [0.2, 0.25) is 10.0 Å². The molecule has 0 amide bonds. The Morgan fingerprint density at radius 2 is 1.92 bits per heavy atom. The van der Waals surface area contributed by atoms with E-state index in [4.69, 9.17) is 5.26 Å². The maximum absolute atomic E-state index is 13.1. The van der Waals surface area contributed by atoms with E-state index in [1.807, 2.05) is 34.9 Å². The zero-order chi connectivity index (χ0) is 17.4. The molecule has 0 saturated carbocycles. The molecule has 0 unspecified atom stereocenters. The number of fused-ring (bicyclic) bond motifs is 1. The lowest BCUT2D eigenvalue weighted by Gasteiger charge is -2.23. The average Bonchev–Trinajstić information content (AvgIpc) is 3.28. The normalized spacial score (nSPS) is 18.4. The van der Waals surface area contributed by atoms with Gasteiger partial charge in [-0.15, -0.1) is 10.2 Å². The Labute approximate surface area is 145 Å². The second-order valence-corrected chi connectivity index (χ2v) is 7.79. The van der Waals surface area contributed by atoms with Crippen molar-refractivity contribution in [3.63, 3.8) is 0 Å². The number of benzene rings is 1. The van der Waals surface area contributed by atoms with Crippen LogP contribution in [0.5, 0.6) is 0 Å². The first kappa shape index (κ1) is 15.7. The van der Waals surface area contributed by atoms with Crippen LogP contribution in [0.15, 0.2) is 53.6 Å². The second kappa shape index (κ2) is 5.95. The molecule has 1 aliphatic rings. The van der Waals surface area contributed by atoms with E-state index in [1.54, 1.807) is 0 Å². The lowest BCUT2D eigenvalue weighted by atomic mass is 10.2. The number of aromatic nitrogens is 3. The van der Waals surface area contributed by atoms with Crippen molar-refractivity contribution in [3.8, 4) is 6.07 Å². The SMILES string of the molecule is N#Cc1ccc(S(=O)(=O)N2CCC[C@H]2c2nnc3ccccn23)cc1. The molecule has 2 aromatic heterocycles. The molecule has 0 radical (unpaired) electrons. The average molecular weight is 353 g/mol. The van der Waals surface area contributed by atoms with Crippen molar-refractivity contribution < 1.29 is 8.42 Å². The van der Waals surface area contributed by atoms with Gasteiger partial charge in [0, 0.05) is 12.7 Å². The second-order valence-electron chi connectivity index (χ2n) is 5.90. The Balaban J connectivity index is 1.74. The summed E-state index contributed by atoms with van der Waals surface area (Å²) in [5, 5.41) is 17.2. The van der Waals surface area contributed by atoms with Gasteiger partial charge in [0.15, 0.2) is 11.5 Å². The molecule has 7 nitrogen and oxygen atoms in total. The molecule has 3 heterocycles. The van der Waals surface area contributed by atoms with Crippen molar-refractivity contribution in [2.75, 3.05) is 6.54 Å². The smallest absolute Gasteiger partial charge is 0.243 e. The van der Waals surface area contributed by atoms with Crippen molar-refractivity contribution in [1.82, 2.24) is 18.9 Å². The van der Waals surface area contributed by atoms with Gasteiger partial charge in [0.05, 0.1) is 22.6 Å². The van der Waals surface area contributed by atoms with Gasteiger partial charge in [-0.25, -0.2) is 8.42 Å². The number of hydrogen-bond donors (Lipinski definition) is 0. The maximum atomic E-state index is 13.1. The van der Waals surface area contributed by atoms with E-state index in [2.05, 4.69) is 10.2 Å². The van der Waals surface area contributed by atoms with Crippen molar-refractivity contribution in [1.29, 1.82) is 5.26 Å². The van der Waals surface area contributed by atoms with Crippen LogP contribution in [0.3, 0.4) is 0 Å². The van der Waals surface area contributed by atoms with Crippen LogP contribution in [0.4, 0.5) is 0 Å². The van der Waals surface area contributed by atoms with Crippen molar-refractivity contribution >= 4 is 15.7 Å². The van der Waals surface area contributed by atoms with Crippen molar-refractivity contribution in [2.24, 2.45) is 0 Å². The van der Waals surface area contributed by atoms with Crippen LogP contribution in [-0.2, 0) is 10.0 Å². The van der Waals surface area contributed by atoms with Crippen molar-refractivity contribution in [2.45, 2.75) is 23.8 Å². The van der Waals surface area contributed by atoms with Gasteiger partial charge in [-0.2, -0.15) is 9.57 Å². The van der Waals surface area contributed by atoms with Crippen LogP contribution in [0, 0.1) is 11.3 Å². The van der Waals surface area contributed by atoms with Gasteiger partial charge in [-0.05, 0) is 49.2 Å². The van der Waals surface area contributed by atoms with E-state index >= 15 is 0 Å². The minimum absolute atomic E-state index is 0.187. The molecule has 1 atom stereocenters. The Bertz CT molecular complexity index is 1070. The van der Waals surface area contributed by atoms with Gasteiger partial charge in [-0.1, -0.05) is 6.07 Å².